The van der Waals surface area contributed by atoms with Gasteiger partial charge in [0.05, 0.1) is 73.8 Å². The fraction of sp³-hybridized carbons (Fsp3) is 0.875. The van der Waals surface area contributed by atoms with Gasteiger partial charge in [0.1, 0.15) is 36.3 Å². The van der Waals surface area contributed by atoms with Crippen LogP contribution in [0.4, 0.5) is 0 Å². The molecule has 2 N–H and O–H groups in total. The summed E-state index contributed by atoms with van der Waals surface area (Å²) in [4.78, 5) is 14.0. The van der Waals surface area contributed by atoms with Crippen LogP contribution in [0.2, 0.25) is 0 Å². The summed E-state index contributed by atoms with van der Waals surface area (Å²) < 4.78 is 59.8. The van der Waals surface area contributed by atoms with Crippen molar-refractivity contribution in [2.75, 3.05) is 13.7 Å². The lowest BCUT2D eigenvalue weighted by Crippen LogP contribution is -2.61. The first-order chi connectivity index (χ1) is 25.1. The minimum atomic E-state index is -0.951. The number of aliphatic hydroxyl groups is 2. The number of carbonyl (C=O) groups excluding carboxylic acids is 1. The molecule has 0 saturated carbocycles. The average Bonchev–Trinajstić information content (AvgIpc) is 3.79. The van der Waals surface area contributed by atoms with Crippen molar-refractivity contribution in [3.05, 3.63) is 24.3 Å². The molecule has 290 valence electrons. The molecule has 0 unspecified atom stereocenters. The van der Waals surface area contributed by atoms with Gasteiger partial charge in [0.25, 0.3) is 0 Å². The molecule has 12 nitrogen and oxygen atoms in total. The molecule has 52 heavy (non-hydrogen) atoms. The van der Waals surface area contributed by atoms with E-state index in [0.717, 1.165) is 49.7 Å². The van der Waals surface area contributed by atoms with Crippen LogP contribution in [-0.2, 0) is 47.4 Å². The number of methoxy groups -OCH3 is 1. The molecule has 19 atom stereocenters. The highest BCUT2D eigenvalue weighted by Gasteiger charge is 2.68. The minimum absolute atomic E-state index is 0.0260. The third-order valence-corrected chi connectivity index (χ3v) is 13.9. The molecule has 0 aliphatic carbocycles. The molecule has 12 heteroatoms. The Bertz CT molecular complexity index is 1370. The second-order valence-corrected chi connectivity index (χ2v) is 17.4. The predicted octanol–water partition coefficient (Wildman–Crippen LogP) is 3.47. The predicted molar refractivity (Wildman–Crippen MR) is 184 cm³/mol. The Morgan fingerprint density at radius 3 is 2.37 bits per heavy atom. The Morgan fingerprint density at radius 1 is 0.788 bits per heavy atom. The quantitative estimate of drug-likeness (QED) is 0.410. The van der Waals surface area contributed by atoms with Gasteiger partial charge in [-0.25, -0.2) is 0 Å². The first-order valence-corrected chi connectivity index (χ1v) is 20.1. The molecule has 0 radical (unpaired) electrons. The molecule has 10 aliphatic rings. The van der Waals surface area contributed by atoms with Gasteiger partial charge >= 0.3 is 0 Å². The van der Waals surface area contributed by atoms with E-state index in [4.69, 9.17) is 42.6 Å². The first-order valence-electron chi connectivity index (χ1n) is 20.1. The van der Waals surface area contributed by atoms with Gasteiger partial charge in [-0.2, -0.15) is 0 Å². The van der Waals surface area contributed by atoms with Crippen molar-refractivity contribution in [1.29, 1.82) is 0 Å². The molecule has 10 fully saturated rings. The Hall–Kier alpha value is -1.29. The highest BCUT2D eigenvalue weighted by Crippen LogP contribution is 2.54. The fourth-order valence-electron chi connectivity index (χ4n) is 11.3. The molecule has 0 amide bonds. The van der Waals surface area contributed by atoms with E-state index in [0.29, 0.717) is 25.7 Å². The largest absolute Gasteiger partial charge is 0.394 e. The molecule has 12 bridgehead atoms. The van der Waals surface area contributed by atoms with Gasteiger partial charge in [-0.1, -0.05) is 20.1 Å². The van der Waals surface area contributed by atoms with Gasteiger partial charge < -0.3 is 52.8 Å². The molecule has 10 heterocycles. The smallest absolute Gasteiger partial charge is 0.172 e. The van der Waals surface area contributed by atoms with Crippen molar-refractivity contribution in [1.82, 2.24) is 0 Å². The third-order valence-electron chi connectivity index (χ3n) is 13.9. The second kappa shape index (κ2) is 14.3. The molecule has 10 saturated heterocycles. The molecular formula is C40H58O12. The summed E-state index contributed by atoms with van der Waals surface area (Å²) in [7, 11) is 1.63. The second-order valence-electron chi connectivity index (χ2n) is 17.4. The summed E-state index contributed by atoms with van der Waals surface area (Å²) in [6.07, 6.45) is 4.01. The monoisotopic (exact) mass is 730 g/mol. The molecule has 0 aromatic rings. The maximum Gasteiger partial charge on any atom is 0.172 e. The zero-order chi connectivity index (χ0) is 35.9. The molecule has 0 aromatic carbocycles. The van der Waals surface area contributed by atoms with Crippen molar-refractivity contribution in [3.8, 4) is 0 Å². The van der Waals surface area contributed by atoms with E-state index in [1.54, 1.807) is 7.11 Å². The molecular weight excluding hydrogens is 672 g/mol. The maximum atomic E-state index is 14.0. The van der Waals surface area contributed by atoms with Crippen LogP contribution in [0.3, 0.4) is 0 Å². The fourth-order valence-corrected chi connectivity index (χ4v) is 11.3. The van der Waals surface area contributed by atoms with E-state index in [9.17, 15) is 15.0 Å². The Morgan fingerprint density at radius 2 is 1.54 bits per heavy atom. The molecule has 10 rings (SSSR count). The maximum absolute atomic E-state index is 14.0. The van der Waals surface area contributed by atoms with Crippen LogP contribution in [-0.4, -0.2) is 133 Å². The Labute approximate surface area is 306 Å². The molecule has 10 aliphatic heterocycles. The lowest BCUT2D eigenvalue weighted by molar-refractivity contribution is -0.292. The lowest BCUT2D eigenvalue weighted by Gasteiger charge is -2.47. The number of rotatable bonds is 4. The van der Waals surface area contributed by atoms with Crippen LogP contribution in [0.5, 0.6) is 0 Å². The number of carbonyl (C=O) groups is 1. The number of ether oxygens (including phenoxy) is 9. The SMILES string of the molecule is C=C1C[C@@H]2CC[C@@]34C[C@H]5O[C@@H]6[C@@H](O3)[C@H]3O[C@H](CC[C@@H]3O[C@H]6[C@H]5O4)CC(=O)C[C@@H]3[C@@H](OC)[C@@H](C[C@H](O)CO)O[C@H]3C[C@H]3O[C@@H](CC[C@@H]1O2)C[C@@H](C)C3=C. The first kappa shape index (κ1) is 36.4. The van der Waals surface area contributed by atoms with Crippen LogP contribution >= 0.6 is 0 Å². The number of ketones is 1. The van der Waals surface area contributed by atoms with Crippen LogP contribution in [0.15, 0.2) is 24.3 Å². The van der Waals surface area contributed by atoms with E-state index in [1.165, 1.54) is 0 Å². The van der Waals surface area contributed by atoms with Crippen LogP contribution < -0.4 is 0 Å². The van der Waals surface area contributed by atoms with Gasteiger partial charge in [0, 0.05) is 51.6 Å². The average molecular weight is 731 g/mol. The summed E-state index contributed by atoms with van der Waals surface area (Å²) in [5, 5.41) is 20.1. The summed E-state index contributed by atoms with van der Waals surface area (Å²) in [6, 6.07) is 0. The zero-order valence-electron chi connectivity index (χ0n) is 30.7. The number of fused-ring (bicyclic) bond motifs is 6. The van der Waals surface area contributed by atoms with E-state index in [2.05, 4.69) is 20.1 Å². The highest BCUT2D eigenvalue weighted by molar-refractivity contribution is 5.79. The van der Waals surface area contributed by atoms with Gasteiger partial charge in [-0.15, -0.1) is 0 Å². The van der Waals surface area contributed by atoms with Crippen molar-refractivity contribution >= 4 is 5.78 Å². The van der Waals surface area contributed by atoms with Gasteiger partial charge in [-0.05, 0) is 62.0 Å². The van der Waals surface area contributed by atoms with Crippen LogP contribution in [0.1, 0.15) is 90.4 Å². The topological polar surface area (TPSA) is 141 Å². The minimum Gasteiger partial charge on any atom is -0.394 e. The van der Waals surface area contributed by atoms with E-state index in [1.807, 2.05) is 0 Å². The van der Waals surface area contributed by atoms with Crippen molar-refractivity contribution in [2.24, 2.45) is 11.8 Å². The number of hydrogen-bond acceptors (Lipinski definition) is 12. The Kier molecular flexibility index (Phi) is 10.0. The van der Waals surface area contributed by atoms with Crippen LogP contribution in [0.25, 0.3) is 0 Å². The summed E-state index contributed by atoms with van der Waals surface area (Å²) >= 11 is 0. The lowest BCUT2D eigenvalue weighted by atomic mass is 9.81. The van der Waals surface area contributed by atoms with E-state index in [-0.39, 0.29) is 123 Å². The van der Waals surface area contributed by atoms with Crippen LogP contribution in [0, 0.1) is 11.8 Å². The number of Topliss-reactive ketones (excluding diaryl/α,β-unsaturated/α-hetero) is 1. The molecule has 1 spiro atoms. The van der Waals surface area contributed by atoms with Gasteiger partial charge in [0.2, 0.25) is 0 Å². The Balaban J connectivity index is 0.994. The zero-order valence-corrected chi connectivity index (χ0v) is 30.7. The van der Waals surface area contributed by atoms with Gasteiger partial charge in [0.15, 0.2) is 5.79 Å². The highest BCUT2D eigenvalue weighted by atomic mass is 16.8. The summed E-state index contributed by atoms with van der Waals surface area (Å²) in [5.74, 6) is -0.709. The normalized spacial score (nSPS) is 52.4. The van der Waals surface area contributed by atoms with Crippen molar-refractivity contribution in [3.63, 3.8) is 0 Å². The van der Waals surface area contributed by atoms with E-state index < -0.39 is 24.1 Å². The number of hydrogen-bond donors (Lipinski definition) is 2. The van der Waals surface area contributed by atoms with Crippen molar-refractivity contribution < 1.29 is 57.6 Å². The number of aliphatic hydroxyl groups excluding tert-OH is 2. The van der Waals surface area contributed by atoms with Gasteiger partial charge in [-0.3, -0.25) is 4.79 Å². The molecule has 0 aromatic heterocycles. The van der Waals surface area contributed by atoms with E-state index >= 15 is 0 Å². The van der Waals surface area contributed by atoms with Crippen molar-refractivity contribution in [2.45, 2.75) is 194 Å². The summed E-state index contributed by atoms with van der Waals surface area (Å²) in [6.45, 7) is 10.7. The standard InChI is InChI=1S/C40H58O12/c1-19-11-24-5-7-28-20(2)12-26(45-28)9-10-40-17-33-36(51-40)37-38(50-33)39(52-40)35-29(49-37)8-6-25(47-35)13-22(42)14-27-31(16-30(46-24)21(19)3)48-32(34(27)44-4)15-23(43)18-41/h19,23-39,41,43H,2-3,5-18H2,1,4H3/t19-,23+,24+,25-,26+,27+,28+,29+,30-,31+,32-,33-,34-,35+,36+,37+,38+,39+,40+/m1/s1. The summed E-state index contributed by atoms with van der Waals surface area (Å²) in [5.41, 5.74) is 2.17. The third kappa shape index (κ3) is 6.59.